The molecule has 0 spiro atoms. The average molecular weight is 415 g/mol. The number of fused-ring (bicyclic) bond motifs is 1. The normalized spacial score (nSPS) is 13.5. The first kappa shape index (κ1) is 20.2. The van der Waals surface area contributed by atoms with Crippen molar-refractivity contribution in [1.82, 2.24) is 25.5 Å². The quantitative estimate of drug-likeness (QED) is 0.602. The van der Waals surface area contributed by atoms with E-state index >= 15 is 0 Å². The molecule has 8 heteroatoms. The molecule has 1 atom stereocenters. The topological polar surface area (TPSA) is 104 Å². The molecule has 3 aromatic rings. The first-order valence-electron chi connectivity index (χ1n) is 9.81. The highest BCUT2D eigenvalue weighted by Crippen LogP contribution is 2.27. The van der Waals surface area contributed by atoms with Crippen molar-refractivity contribution in [3.8, 4) is 11.3 Å². The molecule has 0 bridgehead atoms. The molecule has 0 radical (unpaired) electrons. The molecule has 4 amide bonds. The molecule has 8 nitrogen and oxygen atoms in total. The number of carbonyl (C=O) groups excluding carboxylic acids is 3. The summed E-state index contributed by atoms with van der Waals surface area (Å²) in [7, 11) is 0. The Bertz CT molecular complexity index is 1120. The molecule has 2 heterocycles. The smallest absolute Gasteiger partial charge is 0.321 e. The third-order valence-corrected chi connectivity index (χ3v) is 5.21. The molecule has 2 aromatic carbocycles. The van der Waals surface area contributed by atoms with Crippen LogP contribution < -0.4 is 10.6 Å². The largest absolute Gasteiger partial charge is 0.332 e. The van der Waals surface area contributed by atoms with Crippen molar-refractivity contribution in [1.29, 1.82) is 0 Å². The van der Waals surface area contributed by atoms with Gasteiger partial charge in [0, 0.05) is 36.6 Å². The first-order chi connectivity index (χ1) is 15.0. The lowest BCUT2D eigenvalue weighted by atomic mass is 10.0. The van der Waals surface area contributed by atoms with Crippen LogP contribution in [0.2, 0.25) is 0 Å². The van der Waals surface area contributed by atoms with Crippen molar-refractivity contribution in [2.24, 2.45) is 0 Å². The third kappa shape index (κ3) is 4.42. The van der Waals surface area contributed by atoms with E-state index in [0.29, 0.717) is 18.5 Å². The maximum atomic E-state index is 12.9. The Morgan fingerprint density at radius 3 is 2.71 bits per heavy atom. The van der Waals surface area contributed by atoms with Crippen LogP contribution >= 0.6 is 0 Å². The summed E-state index contributed by atoms with van der Waals surface area (Å²) >= 11 is 0. The van der Waals surface area contributed by atoms with Crippen LogP contribution in [0.15, 0.2) is 61.1 Å². The van der Waals surface area contributed by atoms with Gasteiger partial charge in [-0.1, -0.05) is 42.0 Å². The average Bonchev–Trinajstić information content (AvgIpc) is 3.09. The molecule has 31 heavy (non-hydrogen) atoms. The van der Waals surface area contributed by atoms with Gasteiger partial charge in [-0.15, -0.1) is 0 Å². The molecular weight excluding hydrogens is 394 g/mol. The second kappa shape index (κ2) is 8.74. The monoisotopic (exact) mass is 415 g/mol. The van der Waals surface area contributed by atoms with E-state index in [1.165, 1.54) is 0 Å². The summed E-state index contributed by atoms with van der Waals surface area (Å²) in [5.41, 5.74) is 5.09. The van der Waals surface area contributed by atoms with Crippen molar-refractivity contribution in [2.75, 3.05) is 6.54 Å². The molecule has 1 aromatic heterocycles. The van der Waals surface area contributed by atoms with Crippen LogP contribution in [0.1, 0.15) is 33.1 Å². The van der Waals surface area contributed by atoms with Crippen LogP contribution in [0.5, 0.6) is 0 Å². The van der Waals surface area contributed by atoms with E-state index in [1.54, 1.807) is 23.5 Å². The van der Waals surface area contributed by atoms with E-state index < -0.39 is 12.1 Å². The zero-order chi connectivity index (χ0) is 21.8. The van der Waals surface area contributed by atoms with E-state index in [0.717, 1.165) is 27.9 Å². The van der Waals surface area contributed by atoms with Crippen LogP contribution in [-0.2, 0) is 11.3 Å². The van der Waals surface area contributed by atoms with Crippen molar-refractivity contribution in [3.05, 3.63) is 83.3 Å². The summed E-state index contributed by atoms with van der Waals surface area (Å²) in [6.07, 6.45) is 5.22. The molecule has 0 unspecified atom stereocenters. The Balaban J connectivity index is 1.57. The molecule has 0 saturated carbocycles. The Hall–Kier alpha value is -4.07. The van der Waals surface area contributed by atoms with Gasteiger partial charge in [0.05, 0.1) is 17.9 Å². The summed E-state index contributed by atoms with van der Waals surface area (Å²) in [5.74, 6) is -0.0718. The highest BCUT2D eigenvalue weighted by Gasteiger charge is 2.30. The minimum absolute atomic E-state index is 0.0718. The van der Waals surface area contributed by atoms with Gasteiger partial charge in [-0.05, 0) is 24.1 Å². The Kier molecular flexibility index (Phi) is 5.70. The summed E-state index contributed by atoms with van der Waals surface area (Å²) in [6.45, 7) is 2.69. The van der Waals surface area contributed by atoms with E-state index in [2.05, 4.69) is 20.6 Å². The molecule has 1 aliphatic rings. The number of hydrogen-bond donors (Lipinski definition) is 2. The number of urea groups is 1. The number of carbonyl (C=O) groups is 3. The fourth-order valence-electron chi connectivity index (χ4n) is 3.67. The van der Waals surface area contributed by atoms with Crippen molar-refractivity contribution < 1.29 is 14.4 Å². The summed E-state index contributed by atoms with van der Waals surface area (Å²) in [4.78, 5) is 45.7. The van der Waals surface area contributed by atoms with Gasteiger partial charge < -0.3 is 10.2 Å². The Morgan fingerprint density at radius 2 is 2.00 bits per heavy atom. The summed E-state index contributed by atoms with van der Waals surface area (Å²) in [6, 6.07) is 12.2. The van der Waals surface area contributed by atoms with Crippen LogP contribution in [0, 0.1) is 6.92 Å². The van der Waals surface area contributed by atoms with Crippen molar-refractivity contribution in [3.63, 3.8) is 0 Å². The van der Waals surface area contributed by atoms with Crippen LogP contribution in [-0.4, -0.2) is 39.8 Å². The number of rotatable bonds is 6. The van der Waals surface area contributed by atoms with Gasteiger partial charge in [0.15, 0.2) is 0 Å². The van der Waals surface area contributed by atoms with E-state index in [1.807, 2.05) is 49.4 Å². The minimum Gasteiger partial charge on any atom is -0.332 e. The number of benzene rings is 2. The standard InChI is InChI=1S/C23H21N5O3/c1-15-2-3-18-12-28(22(30)19(18)10-15)13-21(27-23(31)26-14-29)17-6-4-16(5-7-17)20-11-24-8-9-25-20/h2-11,14,21H,12-13H2,1H3,(H2,26,27,29,31)/t21-/m0/s1. The molecular formula is C23H21N5O3. The predicted octanol–water partition coefficient (Wildman–Crippen LogP) is 2.60. The predicted molar refractivity (Wildman–Crippen MR) is 114 cm³/mol. The second-order valence-corrected chi connectivity index (χ2v) is 7.35. The first-order valence-corrected chi connectivity index (χ1v) is 9.81. The number of hydrogen-bond acceptors (Lipinski definition) is 5. The molecule has 2 N–H and O–H groups in total. The van der Waals surface area contributed by atoms with Crippen LogP contribution in [0.3, 0.4) is 0 Å². The van der Waals surface area contributed by atoms with E-state index in [4.69, 9.17) is 0 Å². The highest BCUT2D eigenvalue weighted by molar-refractivity contribution is 5.98. The fraction of sp³-hybridized carbons (Fsp3) is 0.174. The lowest BCUT2D eigenvalue weighted by Gasteiger charge is -2.25. The van der Waals surface area contributed by atoms with Gasteiger partial charge in [0.2, 0.25) is 6.41 Å². The third-order valence-electron chi connectivity index (χ3n) is 5.21. The van der Waals surface area contributed by atoms with Gasteiger partial charge in [-0.2, -0.15) is 0 Å². The molecule has 4 rings (SSSR count). The lowest BCUT2D eigenvalue weighted by Crippen LogP contribution is -2.42. The fourth-order valence-corrected chi connectivity index (χ4v) is 3.67. The maximum absolute atomic E-state index is 12.9. The van der Waals surface area contributed by atoms with E-state index in [-0.39, 0.29) is 12.5 Å². The molecule has 156 valence electrons. The van der Waals surface area contributed by atoms with Gasteiger partial charge >= 0.3 is 6.03 Å². The molecule has 0 aliphatic carbocycles. The Morgan fingerprint density at radius 1 is 1.19 bits per heavy atom. The van der Waals surface area contributed by atoms with Gasteiger partial charge in [0.25, 0.3) is 5.91 Å². The van der Waals surface area contributed by atoms with E-state index in [9.17, 15) is 14.4 Å². The number of imide groups is 1. The summed E-state index contributed by atoms with van der Waals surface area (Å²) < 4.78 is 0. The molecule has 0 fully saturated rings. The molecule has 1 aliphatic heterocycles. The number of nitrogens with one attached hydrogen (secondary N) is 2. The van der Waals surface area contributed by atoms with Crippen molar-refractivity contribution in [2.45, 2.75) is 19.5 Å². The maximum Gasteiger partial charge on any atom is 0.321 e. The van der Waals surface area contributed by atoms with Gasteiger partial charge in [-0.25, -0.2) is 4.79 Å². The van der Waals surface area contributed by atoms with Crippen LogP contribution in [0.25, 0.3) is 11.3 Å². The second-order valence-electron chi connectivity index (χ2n) is 7.35. The zero-order valence-corrected chi connectivity index (χ0v) is 16.9. The van der Waals surface area contributed by atoms with Crippen LogP contribution in [0.4, 0.5) is 4.79 Å². The van der Waals surface area contributed by atoms with Gasteiger partial charge in [-0.3, -0.25) is 24.9 Å². The summed E-state index contributed by atoms with van der Waals surface area (Å²) in [5, 5.41) is 4.87. The lowest BCUT2D eigenvalue weighted by molar-refractivity contribution is -0.108. The van der Waals surface area contributed by atoms with Gasteiger partial charge in [0.1, 0.15) is 0 Å². The number of aromatic nitrogens is 2. The Labute approximate surface area is 179 Å². The van der Waals surface area contributed by atoms with Crippen molar-refractivity contribution >= 4 is 18.3 Å². The minimum atomic E-state index is -0.627. The SMILES string of the molecule is Cc1ccc2c(c1)C(=O)N(C[C@H](NC(=O)NC=O)c1ccc(-c3cnccn3)cc1)C2. The number of amides is 4. The number of aryl methyl sites for hydroxylation is 1. The molecule has 0 saturated heterocycles. The zero-order valence-electron chi connectivity index (χ0n) is 16.9. The highest BCUT2D eigenvalue weighted by atomic mass is 16.2. The number of nitrogens with zero attached hydrogens (tertiary/aromatic N) is 3.